The van der Waals surface area contributed by atoms with Gasteiger partial charge >= 0.3 is 5.97 Å². The Morgan fingerprint density at radius 1 is 1.53 bits per heavy atom. The molecule has 17 heavy (non-hydrogen) atoms. The van der Waals surface area contributed by atoms with Gasteiger partial charge < -0.3 is 10.5 Å². The molecule has 0 unspecified atom stereocenters. The SMILES string of the molecule is COC(=O)c1cc(SC2CCCC2)ncc1N. The number of aromatic nitrogens is 1. The first-order valence-electron chi connectivity index (χ1n) is 5.71. The van der Waals surface area contributed by atoms with Crippen molar-refractivity contribution in [3.8, 4) is 0 Å². The van der Waals surface area contributed by atoms with Crippen LogP contribution < -0.4 is 5.73 Å². The zero-order chi connectivity index (χ0) is 12.3. The lowest BCUT2D eigenvalue weighted by Crippen LogP contribution is -2.07. The molecule has 1 aromatic heterocycles. The maximum atomic E-state index is 11.5. The molecule has 1 aromatic rings. The highest BCUT2D eigenvalue weighted by molar-refractivity contribution is 7.99. The highest BCUT2D eigenvalue weighted by Crippen LogP contribution is 2.34. The van der Waals surface area contributed by atoms with Crippen LogP contribution in [0.25, 0.3) is 0 Å². The second-order valence-corrected chi connectivity index (χ2v) is 5.45. The highest BCUT2D eigenvalue weighted by atomic mass is 32.2. The van der Waals surface area contributed by atoms with Crippen LogP contribution in [0.3, 0.4) is 0 Å². The van der Waals surface area contributed by atoms with Gasteiger partial charge in [0, 0.05) is 5.25 Å². The lowest BCUT2D eigenvalue weighted by molar-refractivity contribution is 0.0601. The number of carbonyl (C=O) groups excluding carboxylic acids is 1. The largest absolute Gasteiger partial charge is 0.465 e. The number of thioether (sulfide) groups is 1. The van der Waals surface area contributed by atoms with Gasteiger partial charge in [-0.25, -0.2) is 9.78 Å². The average Bonchev–Trinajstić information content (AvgIpc) is 2.83. The van der Waals surface area contributed by atoms with Gasteiger partial charge in [-0.1, -0.05) is 12.8 Å². The first-order chi connectivity index (χ1) is 8.20. The van der Waals surface area contributed by atoms with Gasteiger partial charge in [-0.15, -0.1) is 11.8 Å². The Morgan fingerprint density at radius 3 is 2.88 bits per heavy atom. The Kier molecular flexibility index (Phi) is 3.89. The second-order valence-electron chi connectivity index (χ2n) is 4.13. The molecule has 1 heterocycles. The molecular formula is C12H16N2O2S. The van der Waals surface area contributed by atoms with Gasteiger partial charge in [0.25, 0.3) is 0 Å². The third-order valence-electron chi connectivity index (χ3n) is 2.90. The van der Waals surface area contributed by atoms with Crippen LogP contribution in [0.2, 0.25) is 0 Å². The van der Waals surface area contributed by atoms with E-state index in [0.29, 0.717) is 16.5 Å². The Balaban J connectivity index is 2.15. The minimum absolute atomic E-state index is 0.368. The number of hydrogen-bond donors (Lipinski definition) is 1. The first-order valence-corrected chi connectivity index (χ1v) is 6.59. The van der Waals surface area contributed by atoms with Gasteiger partial charge in [-0.05, 0) is 18.9 Å². The van der Waals surface area contributed by atoms with E-state index in [4.69, 9.17) is 5.73 Å². The number of anilines is 1. The molecule has 0 radical (unpaired) electrons. The molecule has 1 aliphatic carbocycles. The fraction of sp³-hybridized carbons (Fsp3) is 0.500. The molecule has 0 spiro atoms. The van der Waals surface area contributed by atoms with E-state index in [-0.39, 0.29) is 0 Å². The van der Waals surface area contributed by atoms with Crippen LogP contribution in [-0.2, 0) is 4.74 Å². The summed E-state index contributed by atoms with van der Waals surface area (Å²) in [6.07, 6.45) is 6.56. The third kappa shape index (κ3) is 2.91. The van der Waals surface area contributed by atoms with E-state index in [1.807, 2.05) is 0 Å². The molecule has 0 bridgehead atoms. The van der Waals surface area contributed by atoms with E-state index in [2.05, 4.69) is 9.72 Å². The monoisotopic (exact) mass is 252 g/mol. The molecule has 0 aliphatic heterocycles. The number of hydrogen-bond acceptors (Lipinski definition) is 5. The highest BCUT2D eigenvalue weighted by Gasteiger charge is 2.18. The van der Waals surface area contributed by atoms with Crippen molar-refractivity contribution in [1.29, 1.82) is 0 Å². The first kappa shape index (κ1) is 12.2. The van der Waals surface area contributed by atoms with Crippen molar-refractivity contribution in [3.63, 3.8) is 0 Å². The van der Waals surface area contributed by atoms with Crippen LogP contribution in [0.1, 0.15) is 36.0 Å². The molecule has 2 N–H and O–H groups in total. The number of rotatable bonds is 3. The van der Waals surface area contributed by atoms with Gasteiger partial charge in [0.2, 0.25) is 0 Å². The minimum Gasteiger partial charge on any atom is -0.465 e. The summed E-state index contributed by atoms with van der Waals surface area (Å²) in [6, 6.07) is 1.73. The molecule has 1 saturated carbocycles. The average molecular weight is 252 g/mol. The summed E-state index contributed by atoms with van der Waals surface area (Å²) in [6.45, 7) is 0. The summed E-state index contributed by atoms with van der Waals surface area (Å²) >= 11 is 1.73. The molecule has 5 heteroatoms. The molecule has 0 amide bonds. The van der Waals surface area contributed by atoms with Crippen molar-refractivity contribution in [2.75, 3.05) is 12.8 Å². The standard InChI is InChI=1S/C12H16N2O2S/c1-16-12(15)9-6-11(14-7-10(9)13)17-8-4-2-3-5-8/h6-8H,2-5,13H2,1H3. The van der Waals surface area contributed by atoms with E-state index in [1.165, 1.54) is 39.0 Å². The lowest BCUT2D eigenvalue weighted by Gasteiger charge is -2.09. The number of esters is 1. The third-order valence-corrected chi connectivity index (χ3v) is 4.17. The summed E-state index contributed by atoms with van der Waals surface area (Å²) in [4.78, 5) is 15.7. The Hall–Kier alpha value is -1.23. The Labute approximate surface area is 105 Å². The van der Waals surface area contributed by atoms with Crippen LogP contribution in [0.15, 0.2) is 17.3 Å². The second kappa shape index (κ2) is 5.40. The van der Waals surface area contributed by atoms with Gasteiger partial charge in [-0.2, -0.15) is 0 Å². The fourth-order valence-electron chi connectivity index (χ4n) is 1.97. The number of methoxy groups -OCH3 is 1. The van der Waals surface area contributed by atoms with Gasteiger partial charge in [0.1, 0.15) is 0 Å². The van der Waals surface area contributed by atoms with Crippen LogP contribution in [-0.4, -0.2) is 23.3 Å². The van der Waals surface area contributed by atoms with Crippen molar-refractivity contribution in [1.82, 2.24) is 4.98 Å². The Morgan fingerprint density at radius 2 is 2.24 bits per heavy atom. The molecule has 4 nitrogen and oxygen atoms in total. The lowest BCUT2D eigenvalue weighted by atomic mass is 10.2. The Bertz CT molecular complexity index is 417. The fourth-order valence-corrected chi connectivity index (χ4v) is 3.18. The topological polar surface area (TPSA) is 65.2 Å². The maximum absolute atomic E-state index is 11.5. The zero-order valence-electron chi connectivity index (χ0n) is 9.81. The number of carbonyl (C=O) groups is 1. The van der Waals surface area contributed by atoms with Crippen LogP contribution in [0.4, 0.5) is 5.69 Å². The molecule has 2 rings (SSSR count). The number of ether oxygens (including phenoxy) is 1. The van der Waals surface area contributed by atoms with Gasteiger partial charge in [0.15, 0.2) is 0 Å². The van der Waals surface area contributed by atoms with Crippen molar-refractivity contribution < 1.29 is 9.53 Å². The smallest absolute Gasteiger partial charge is 0.340 e. The molecular weight excluding hydrogens is 236 g/mol. The minimum atomic E-state index is -0.404. The van der Waals surface area contributed by atoms with Crippen LogP contribution in [0.5, 0.6) is 0 Å². The van der Waals surface area contributed by atoms with Gasteiger partial charge in [0.05, 0.1) is 29.6 Å². The number of nitrogens with zero attached hydrogens (tertiary/aromatic N) is 1. The molecule has 0 aromatic carbocycles. The molecule has 1 aliphatic rings. The van der Waals surface area contributed by atoms with Crippen molar-refractivity contribution in [2.45, 2.75) is 36.0 Å². The summed E-state index contributed by atoms with van der Waals surface area (Å²) < 4.78 is 4.69. The summed E-state index contributed by atoms with van der Waals surface area (Å²) in [5, 5.41) is 1.48. The number of nitrogens with two attached hydrogens (primary N) is 1. The van der Waals surface area contributed by atoms with Crippen molar-refractivity contribution >= 4 is 23.4 Å². The summed E-state index contributed by atoms with van der Waals surface area (Å²) in [7, 11) is 1.35. The van der Waals surface area contributed by atoms with Gasteiger partial charge in [-0.3, -0.25) is 0 Å². The molecule has 0 saturated heterocycles. The maximum Gasteiger partial charge on any atom is 0.340 e. The van der Waals surface area contributed by atoms with E-state index in [0.717, 1.165) is 5.03 Å². The zero-order valence-corrected chi connectivity index (χ0v) is 10.6. The molecule has 0 atom stereocenters. The van der Waals surface area contributed by atoms with Crippen molar-refractivity contribution in [2.24, 2.45) is 0 Å². The normalized spacial score (nSPS) is 16.1. The summed E-state index contributed by atoms with van der Waals surface area (Å²) in [5.41, 5.74) is 6.48. The number of nitrogen functional groups attached to an aromatic ring is 1. The van der Waals surface area contributed by atoms with E-state index < -0.39 is 5.97 Å². The van der Waals surface area contributed by atoms with Crippen molar-refractivity contribution in [3.05, 3.63) is 17.8 Å². The predicted molar refractivity (Wildman–Crippen MR) is 68.1 cm³/mol. The van der Waals surface area contributed by atoms with E-state index in [9.17, 15) is 4.79 Å². The van der Waals surface area contributed by atoms with Crippen LogP contribution in [0, 0.1) is 0 Å². The van der Waals surface area contributed by atoms with Crippen LogP contribution >= 0.6 is 11.8 Å². The molecule has 1 fully saturated rings. The van der Waals surface area contributed by atoms with E-state index >= 15 is 0 Å². The quantitative estimate of drug-likeness (QED) is 0.837. The summed E-state index contributed by atoms with van der Waals surface area (Å²) in [5.74, 6) is -0.404. The molecule has 92 valence electrons. The predicted octanol–water partition coefficient (Wildman–Crippen LogP) is 2.49. The van der Waals surface area contributed by atoms with E-state index in [1.54, 1.807) is 17.8 Å². The number of pyridine rings is 1.